The van der Waals surface area contributed by atoms with Gasteiger partial charge in [-0.25, -0.2) is 4.98 Å². The van der Waals surface area contributed by atoms with Crippen molar-refractivity contribution in [3.63, 3.8) is 0 Å². The lowest BCUT2D eigenvalue weighted by molar-refractivity contribution is 0.390. The molecule has 1 heterocycles. The van der Waals surface area contributed by atoms with Crippen molar-refractivity contribution >= 4 is 0 Å². The molecule has 1 rings (SSSR count). The fraction of sp³-hybridized carbons (Fsp3) is 0.615. The van der Waals surface area contributed by atoms with Crippen molar-refractivity contribution in [3.05, 3.63) is 23.9 Å². The van der Waals surface area contributed by atoms with Crippen LogP contribution in [0.25, 0.3) is 0 Å². The SMILES string of the molecule is CCCC(C)(CC)c1ccc(OC)nc1. The monoisotopic (exact) mass is 207 g/mol. The maximum atomic E-state index is 5.06. The van der Waals surface area contributed by atoms with E-state index >= 15 is 0 Å². The average Bonchev–Trinajstić information content (AvgIpc) is 2.29. The molecule has 0 spiro atoms. The van der Waals surface area contributed by atoms with Gasteiger partial charge < -0.3 is 4.74 Å². The Balaban J connectivity index is 2.92. The lowest BCUT2D eigenvalue weighted by atomic mass is 9.77. The van der Waals surface area contributed by atoms with Crippen molar-refractivity contribution in [3.8, 4) is 5.88 Å². The van der Waals surface area contributed by atoms with Crippen LogP contribution < -0.4 is 4.74 Å². The van der Waals surface area contributed by atoms with Crippen molar-refractivity contribution in [1.29, 1.82) is 0 Å². The van der Waals surface area contributed by atoms with Crippen LogP contribution in [0.4, 0.5) is 0 Å². The second-order valence-electron chi connectivity index (χ2n) is 4.25. The van der Waals surface area contributed by atoms with E-state index in [1.165, 1.54) is 18.4 Å². The largest absolute Gasteiger partial charge is 0.481 e. The molecule has 15 heavy (non-hydrogen) atoms. The number of ether oxygens (including phenoxy) is 1. The summed E-state index contributed by atoms with van der Waals surface area (Å²) in [4.78, 5) is 4.27. The van der Waals surface area contributed by atoms with E-state index in [2.05, 4.69) is 31.8 Å². The topological polar surface area (TPSA) is 22.1 Å². The van der Waals surface area contributed by atoms with E-state index in [4.69, 9.17) is 4.74 Å². The molecule has 0 aromatic carbocycles. The van der Waals surface area contributed by atoms with E-state index < -0.39 is 0 Å². The smallest absolute Gasteiger partial charge is 0.212 e. The Kier molecular flexibility index (Phi) is 4.13. The molecule has 0 N–H and O–H groups in total. The molecule has 0 saturated heterocycles. The highest BCUT2D eigenvalue weighted by Gasteiger charge is 2.23. The Morgan fingerprint density at radius 1 is 1.33 bits per heavy atom. The minimum atomic E-state index is 0.258. The standard InChI is InChI=1S/C13H21NO/c1-5-9-13(3,6-2)11-7-8-12(15-4)14-10-11/h7-8,10H,5-6,9H2,1-4H3. The van der Waals surface area contributed by atoms with Gasteiger partial charge in [-0.2, -0.15) is 0 Å². The van der Waals surface area contributed by atoms with Crippen LogP contribution in [0.5, 0.6) is 5.88 Å². The van der Waals surface area contributed by atoms with Gasteiger partial charge in [-0.3, -0.25) is 0 Å². The normalized spacial score (nSPS) is 14.7. The number of aromatic nitrogens is 1. The Hall–Kier alpha value is -1.05. The number of rotatable bonds is 5. The van der Waals surface area contributed by atoms with Crippen LogP contribution in [0.15, 0.2) is 18.3 Å². The van der Waals surface area contributed by atoms with Gasteiger partial charge in [0.2, 0.25) is 5.88 Å². The van der Waals surface area contributed by atoms with Gasteiger partial charge in [0, 0.05) is 12.3 Å². The molecular weight excluding hydrogens is 186 g/mol. The van der Waals surface area contributed by atoms with Gasteiger partial charge in [0.15, 0.2) is 0 Å². The molecule has 0 saturated carbocycles. The number of nitrogens with zero attached hydrogens (tertiary/aromatic N) is 1. The first kappa shape index (κ1) is 12.0. The van der Waals surface area contributed by atoms with E-state index in [9.17, 15) is 0 Å². The molecule has 0 aliphatic carbocycles. The fourth-order valence-corrected chi connectivity index (χ4v) is 1.94. The van der Waals surface area contributed by atoms with E-state index in [-0.39, 0.29) is 5.41 Å². The number of hydrogen-bond donors (Lipinski definition) is 0. The first-order valence-electron chi connectivity index (χ1n) is 5.66. The Morgan fingerprint density at radius 3 is 2.47 bits per heavy atom. The third-order valence-electron chi connectivity index (χ3n) is 3.22. The van der Waals surface area contributed by atoms with Gasteiger partial charge >= 0.3 is 0 Å². The maximum absolute atomic E-state index is 5.06. The molecule has 0 aliphatic rings. The zero-order valence-corrected chi connectivity index (χ0v) is 10.2. The summed E-state index contributed by atoms with van der Waals surface area (Å²) in [6.07, 6.45) is 5.50. The van der Waals surface area contributed by atoms with Crippen molar-refractivity contribution < 1.29 is 4.74 Å². The summed E-state index contributed by atoms with van der Waals surface area (Å²) in [5.41, 5.74) is 1.57. The van der Waals surface area contributed by atoms with Gasteiger partial charge in [0.05, 0.1) is 7.11 Å². The number of methoxy groups -OCH3 is 1. The molecule has 1 unspecified atom stereocenters. The molecule has 0 fully saturated rings. The van der Waals surface area contributed by atoms with Gasteiger partial charge in [0.1, 0.15) is 0 Å². The van der Waals surface area contributed by atoms with E-state index in [0.29, 0.717) is 5.88 Å². The van der Waals surface area contributed by atoms with E-state index in [1.54, 1.807) is 7.11 Å². The molecule has 1 aromatic rings. The maximum Gasteiger partial charge on any atom is 0.212 e. The molecule has 2 heteroatoms. The number of hydrogen-bond acceptors (Lipinski definition) is 2. The zero-order chi connectivity index (χ0) is 11.3. The minimum Gasteiger partial charge on any atom is -0.481 e. The lowest BCUT2D eigenvalue weighted by Gasteiger charge is -2.28. The third-order valence-corrected chi connectivity index (χ3v) is 3.22. The van der Waals surface area contributed by atoms with Crippen molar-refractivity contribution in [1.82, 2.24) is 4.98 Å². The molecule has 84 valence electrons. The predicted molar refractivity (Wildman–Crippen MR) is 63.3 cm³/mol. The highest BCUT2D eigenvalue weighted by Crippen LogP contribution is 2.32. The Morgan fingerprint density at radius 2 is 2.07 bits per heavy atom. The second-order valence-corrected chi connectivity index (χ2v) is 4.25. The summed E-state index contributed by atoms with van der Waals surface area (Å²) in [6, 6.07) is 4.07. The van der Waals surface area contributed by atoms with E-state index in [1.807, 2.05) is 12.3 Å². The molecule has 1 atom stereocenters. The number of pyridine rings is 1. The highest BCUT2D eigenvalue weighted by molar-refractivity contribution is 5.25. The van der Waals surface area contributed by atoms with Crippen LogP contribution in [0.1, 0.15) is 45.6 Å². The zero-order valence-electron chi connectivity index (χ0n) is 10.2. The molecule has 2 nitrogen and oxygen atoms in total. The van der Waals surface area contributed by atoms with Gasteiger partial charge in [-0.15, -0.1) is 0 Å². The summed E-state index contributed by atoms with van der Waals surface area (Å²) in [5, 5.41) is 0. The third kappa shape index (κ3) is 2.71. The molecule has 0 aliphatic heterocycles. The summed E-state index contributed by atoms with van der Waals surface area (Å²) in [6.45, 7) is 6.77. The lowest BCUT2D eigenvalue weighted by Crippen LogP contribution is -2.20. The Labute approximate surface area is 92.7 Å². The summed E-state index contributed by atoms with van der Waals surface area (Å²) >= 11 is 0. The van der Waals surface area contributed by atoms with Crippen LogP contribution in [0.3, 0.4) is 0 Å². The van der Waals surface area contributed by atoms with Gasteiger partial charge in [0.25, 0.3) is 0 Å². The predicted octanol–water partition coefficient (Wildman–Crippen LogP) is 3.56. The summed E-state index contributed by atoms with van der Waals surface area (Å²) in [5.74, 6) is 0.689. The quantitative estimate of drug-likeness (QED) is 0.736. The minimum absolute atomic E-state index is 0.258. The molecular formula is C13H21NO. The highest BCUT2D eigenvalue weighted by atomic mass is 16.5. The fourth-order valence-electron chi connectivity index (χ4n) is 1.94. The van der Waals surface area contributed by atoms with Gasteiger partial charge in [-0.1, -0.05) is 33.3 Å². The second kappa shape index (κ2) is 5.15. The summed E-state index contributed by atoms with van der Waals surface area (Å²) < 4.78 is 5.06. The Bertz CT molecular complexity index is 294. The van der Waals surface area contributed by atoms with Crippen LogP contribution in [0, 0.1) is 0 Å². The molecule has 0 amide bonds. The average molecular weight is 207 g/mol. The van der Waals surface area contributed by atoms with E-state index in [0.717, 1.165) is 6.42 Å². The first-order chi connectivity index (χ1) is 7.16. The first-order valence-corrected chi connectivity index (χ1v) is 5.66. The van der Waals surface area contributed by atoms with Crippen LogP contribution >= 0.6 is 0 Å². The summed E-state index contributed by atoms with van der Waals surface area (Å²) in [7, 11) is 1.65. The molecule has 1 aromatic heterocycles. The van der Waals surface area contributed by atoms with Crippen LogP contribution in [-0.2, 0) is 5.41 Å². The van der Waals surface area contributed by atoms with Crippen molar-refractivity contribution in [2.24, 2.45) is 0 Å². The van der Waals surface area contributed by atoms with Crippen LogP contribution in [-0.4, -0.2) is 12.1 Å². The van der Waals surface area contributed by atoms with Crippen molar-refractivity contribution in [2.75, 3.05) is 7.11 Å². The van der Waals surface area contributed by atoms with Gasteiger partial charge in [-0.05, 0) is 23.8 Å². The molecule has 0 radical (unpaired) electrons. The van der Waals surface area contributed by atoms with Crippen LogP contribution in [0.2, 0.25) is 0 Å². The van der Waals surface area contributed by atoms with Crippen molar-refractivity contribution in [2.45, 2.75) is 45.4 Å². The molecule has 0 bridgehead atoms.